The first-order chi connectivity index (χ1) is 18.8. The van der Waals surface area contributed by atoms with Crippen LogP contribution in [0, 0.1) is 11.8 Å². The lowest BCUT2D eigenvalue weighted by molar-refractivity contribution is -0.137. The zero-order valence-electron chi connectivity index (χ0n) is 22.8. The van der Waals surface area contributed by atoms with Crippen LogP contribution in [0.5, 0.6) is 0 Å². The van der Waals surface area contributed by atoms with Crippen LogP contribution in [0.3, 0.4) is 0 Å². The number of carbonyl (C=O) groups is 3. The molecular formula is C27H34ClF3N4O4S. The molecule has 1 aliphatic rings. The number of ether oxygens (including phenoxy) is 1. The average molecular weight is 603 g/mol. The first-order valence-electron chi connectivity index (χ1n) is 12.9. The Bertz CT molecular complexity index is 1190. The van der Waals surface area contributed by atoms with Gasteiger partial charge in [-0.1, -0.05) is 39.3 Å². The number of thiophene rings is 1. The Balaban J connectivity index is 1.89. The minimum absolute atomic E-state index is 0.00971. The monoisotopic (exact) mass is 602 g/mol. The molecule has 2 aromatic rings. The number of halogens is 4. The molecule has 0 aliphatic carbocycles. The van der Waals surface area contributed by atoms with Crippen LogP contribution >= 0.6 is 22.9 Å². The Hall–Kier alpha value is -2.67. The summed E-state index contributed by atoms with van der Waals surface area (Å²) in [6.45, 7) is 8.79. The third-order valence-corrected chi connectivity index (χ3v) is 7.27. The van der Waals surface area contributed by atoms with E-state index in [-0.39, 0.29) is 49.5 Å². The summed E-state index contributed by atoms with van der Waals surface area (Å²) in [7, 11) is 0. The van der Waals surface area contributed by atoms with E-state index in [1.165, 1.54) is 12.1 Å². The second-order valence-electron chi connectivity index (χ2n) is 10.4. The number of morpholine rings is 1. The maximum Gasteiger partial charge on any atom is 0.418 e. The number of nitrogens with zero attached hydrogens (tertiary/aromatic N) is 2. The Morgan fingerprint density at radius 1 is 1.12 bits per heavy atom. The lowest BCUT2D eigenvalue weighted by Gasteiger charge is -2.33. The fourth-order valence-electron chi connectivity index (χ4n) is 4.44. The predicted octanol–water partition coefficient (Wildman–Crippen LogP) is 5.13. The molecule has 0 saturated carbocycles. The van der Waals surface area contributed by atoms with Crippen molar-refractivity contribution in [3.63, 3.8) is 0 Å². The number of hydrogen-bond acceptors (Lipinski definition) is 6. The van der Waals surface area contributed by atoms with Gasteiger partial charge in [-0.25, -0.2) is 0 Å². The van der Waals surface area contributed by atoms with Crippen molar-refractivity contribution in [2.45, 2.75) is 39.9 Å². The van der Waals surface area contributed by atoms with Gasteiger partial charge < -0.3 is 20.3 Å². The second-order valence-corrected chi connectivity index (χ2v) is 12.1. The summed E-state index contributed by atoms with van der Waals surface area (Å²) in [4.78, 5) is 41.9. The molecule has 0 unspecified atom stereocenters. The van der Waals surface area contributed by atoms with E-state index in [2.05, 4.69) is 10.6 Å². The van der Waals surface area contributed by atoms with Crippen molar-refractivity contribution in [2.75, 3.05) is 49.6 Å². The number of alkyl halides is 3. The molecular weight excluding hydrogens is 569 g/mol. The molecule has 1 aliphatic heterocycles. The molecule has 220 valence electrons. The van der Waals surface area contributed by atoms with Crippen molar-refractivity contribution in [3.05, 3.63) is 45.1 Å². The molecule has 1 saturated heterocycles. The highest BCUT2D eigenvalue weighted by Gasteiger charge is 2.37. The summed E-state index contributed by atoms with van der Waals surface area (Å²) in [6.07, 6.45) is -4.77. The van der Waals surface area contributed by atoms with E-state index in [1.807, 2.05) is 32.6 Å². The predicted molar refractivity (Wildman–Crippen MR) is 150 cm³/mol. The fourth-order valence-corrected chi connectivity index (χ4v) is 5.40. The van der Waals surface area contributed by atoms with Gasteiger partial charge in [-0.2, -0.15) is 13.2 Å². The molecule has 3 amide bonds. The highest BCUT2D eigenvalue weighted by atomic mass is 35.5. The summed E-state index contributed by atoms with van der Waals surface area (Å²) < 4.78 is 47.6. The minimum Gasteiger partial charge on any atom is -0.370 e. The lowest BCUT2D eigenvalue weighted by atomic mass is 10.1. The Labute approximate surface area is 240 Å². The number of amides is 3. The Morgan fingerprint density at radius 2 is 1.80 bits per heavy atom. The fraction of sp³-hybridized carbons (Fsp3) is 0.519. The van der Waals surface area contributed by atoms with Crippen LogP contribution in [0.4, 0.5) is 24.5 Å². The van der Waals surface area contributed by atoms with Crippen LogP contribution in [-0.2, 0) is 20.5 Å². The molecule has 2 N–H and O–H groups in total. The summed E-state index contributed by atoms with van der Waals surface area (Å²) in [6, 6.07) is 5.66. The van der Waals surface area contributed by atoms with Gasteiger partial charge in [-0.05, 0) is 42.2 Å². The minimum atomic E-state index is -4.77. The van der Waals surface area contributed by atoms with E-state index < -0.39 is 35.5 Å². The van der Waals surface area contributed by atoms with Gasteiger partial charge in [-0.3, -0.25) is 19.3 Å². The van der Waals surface area contributed by atoms with Crippen LogP contribution in [-0.4, -0.2) is 68.1 Å². The smallest absolute Gasteiger partial charge is 0.370 e. The number of benzene rings is 1. The number of anilines is 2. The Kier molecular flexibility index (Phi) is 11.0. The largest absolute Gasteiger partial charge is 0.418 e. The molecule has 3 rings (SSSR count). The van der Waals surface area contributed by atoms with E-state index in [4.69, 9.17) is 16.3 Å². The number of nitrogens with one attached hydrogen (secondary N) is 2. The summed E-state index contributed by atoms with van der Waals surface area (Å²) >= 11 is 7.05. The van der Waals surface area contributed by atoms with Crippen LogP contribution in [0.2, 0.25) is 4.34 Å². The van der Waals surface area contributed by atoms with Gasteiger partial charge in [0.05, 0.1) is 27.1 Å². The molecule has 0 spiro atoms. The first kappa shape index (κ1) is 31.9. The summed E-state index contributed by atoms with van der Waals surface area (Å²) in [5, 5.41) is 5.38. The first-order valence-corrected chi connectivity index (χ1v) is 14.1. The van der Waals surface area contributed by atoms with E-state index in [1.54, 1.807) is 12.1 Å². The van der Waals surface area contributed by atoms with Crippen LogP contribution in [0.25, 0.3) is 0 Å². The standard InChI is InChI=1S/C27H34ClF3N4O4S/c1-16(2)13-34(14-17(3)4)21(12-32-26(38)22-7-8-23(28)40-22)25(37)33-18-5-6-20(19(11-18)27(29,30)31)35-9-10-39-15-24(35)36/h5-8,11,16-17,21H,9-10,12-15H2,1-4H3,(H,32,38)(H,33,37)/t21-/m0/s1. The molecule has 13 heteroatoms. The average Bonchev–Trinajstić information content (AvgIpc) is 3.29. The van der Waals surface area contributed by atoms with Gasteiger partial charge in [0.25, 0.3) is 11.8 Å². The van der Waals surface area contributed by atoms with Gasteiger partial charge in [0.1, 0.15) is 12.6 Å². The number of hydrogen-bond donors (Lipinski definition) is 2. The maximum atomic E-state index is 14.0. The number of carbonyl (C=O) groups excluding carboxylic acids is 3. The molecule has 0 radical (unpaired) electrons. The molecule has 40 heavy (non-hydrogen) atoms. The van der Waals surface area contributed by atoms with Crippen molar-refractivity contribution in [1.82, 2.24) is 10.2 Å². The molecule has 1 fully saturated rings. The highest BCUT2D eigenvalue weighted by Crippen LogP contribution is 2.39. The molecule has 1 aromatic heterocycles. The summed E-state index contributed by atoms with van der Waals surface area (Å²) in [5.41, 5.74) is -1.41. The van der Waals surface area contributed by atoms with Crippen molar-refractivity contribution < 1.29 is 32.3 Å². The van der Waals surface area contributed by atoms with Crippen LogP contribution in [0.15, 0.2) is 30.3 Å². The van der Waals surface area contributed by atoms with Crippen molar-refractivity contribution in [1.29, 1.82) is 0 Å². The van der Waals surface area contributed by atoms with E-state index in [9.17, 15) is 27.6 Å². The number of rotatable bonds is 11. The van der Waals surface area contributed by atoms with Crippen LogP contribution < -0.4 is 15.5 Å². The van der Waals surface area contributed by atoms with Crippen LogP contribution in [0.1, 0.15) is 42.9 Å². The third-order valence-electron chi connectivity index (χ3n) is 6.04. The van der Waals surface area contributed by atoms with Gasteiger partial charge in [0.15, 0.2) is 0 Å². The Morgan fingerprint density at radius 3 is 2.35 bits per heavy atom. The molecule has 1 atom stereocenters. The van der Waals surface area contributed by atoms with E-state index >= 15 is 0 Å². The zero-order chi connectivity index (χ0) is 29.6. The van der Waals surface area contributed by atoms with Crippen molar-refractivity contribution in [2.24, 2.45) is 11.8 Å². The highest BCUT2D eigenvalue weighted by molar-refractivity contribution is 7.18. The molecule has 1 aromatic carbocycles. The van der Waals surface area contributed by atoms with Gasteiger partial charge in [-0.15, -0.1) is 11.3 Å². The summed E-state index contributed by atoms with van der Waals surface area (Å²) in [5.74, 6) is -1.17. The second kappa shape index (κ2) is 13.8. The van der Waals surface area contributed by atoms with Gasteiger partial charge in [0, 0.05) is 31.9 Å². The topological polar surface area (TPSA) is 91.0 Å². The maximum absolute atomic E-state index is 14.0. The zero-order valence-corrected chi connectivity index (χ0v) is 24.4. The normalized spacial score (nSPS) is 15.2. The lowest BCUT2D eigenvalue weighted by Crippen LogP contribution is -2.52. The van der Waals surface area contributed by atoms with E-state index in [0.29, 0.717) is 22.3 Å². The van der Waals surface area contributed by atoms with Gasteiger partial charge in [0.2, 0.25) is 5.91 Å². The molecule has 0 bridgehead atoms. The third kappa shape index (κ3) is 8.66. The van der Waals surface area contributed by atoms with Crippen molar-refractivity contribution >= 4 is 52.0 Å². The molecule has 8 nitrogen and oxygen atoms in total. The quantitative estimate of drug-likeness (QED) is 0.372. The molecule has 2 heterocycles. The van der Waals surface area contributed by atoms with Crippen molar-refractivity contribution in [3.8, 4) is 0 Å². The van der Waals surface area contributed by atoms with E-state index in [0.717, 1.165) is 22.3 Å². The SMILES string of the molecule is CC(C)CN(CC(C)C)[C@@H](CNC(=O)c1ccc(Cl)s1)C(=O)Nc1ccc(N2CCOCC2=O)c(C(F)(F)F)c1. The van der Waals surface area contributed by atoms with Gasteiger partial charge >= 0.3 is 6.18 Å².